The van der Waals surface area contributed by atoms with Crippen LogP contribution in [0.4, 0.5) is 0 Å². The zero-order valence-electron chi connectivity index (χ0n) is 18.4. The quantitative estimate of drug-likeness (QED) is 0.164. The minimum atomic E-state index is -2.11. The minimum absolute atomic E-state index is 0.288. The molecule has 1 aromatic rings. The number of carbonyl (C=O) groups excluding carboxylic acids is 2. The first-order valence-corrected chi connectivity index (χ1v) is 18.8. The number of esters is 1. The molecule has 0 bridgehead atoms. The maximum atomic E-state index is 11.7. The highest BCUT2D eigenvalue weighted by Gasteiger charge is 2.37. The second kappa shape index (κ2) is 9.97. The first-order valence-electron chi connectivity index (χ1n) is 9.50. The maximum Gasteiger partial charge on any atom is 0.379 e. The molecule has 158 valence electrons. The fraction of sp³-hybridized carbons (Fsp3) is 0.579. The number of benzene rings is 1. The van der Waals surface area contributed by atoms with Gasteiger partial charge >= 0.3 is 14.5 Å². The number of Topliss-reactive ketones (excluding diaryl/α,β-unsaturated/α-hetero) is 1. The lowest BCUT2D eigenvalue weighted by atomic mass is 10.1. The summed E-state index contributed by atoms with van der Waals surface area (Å²) in [5, 5.41) is 0. The number of rotatable bonds is 11. The Hall–Kier alpha value is -1.27. The molecule has 0 atom stereocenters. The van der Waals surface area contributed by atoms with Gasteiger partial charge in [-0.15, -0.1) is 0 Å². The molecular formula is C19H34O6Si3. The largest absolute Gasteiger partial charge is 0.494 e. The zero-order valence-corrected chi connectivity index (χ0v) is 21.4. The summed E-state index contributed by atoms with van der Waals surface area (Å²) >= 11 is 0. The highest BCUT2D eigenvalue weighted by Crippen LogP contribution is 2.24. The van der Waals surface area contributed by atoms with E-state index in [0.29, 0.717) is 12.4 Å². The van der Waals surface area contributed by atoms with E-state index in [4.69, 9.17) is 13.0 Å². The summed E-state index contributed by atoms with van der Waals surface area (Å²) < 4.78 is 23.0. The van der Waals surface area contributed by atoms with Crippen molar-refractivity contribution in [1.29, 1.82) is 0 Å². The van der Waals surface area contributed by atoms with Crippen molar-refractivity contribution < 1.29 is 27.3 Å². The summed E-state index contributed by atoms with van der Waals surface area (Å²) in [6.07, 6.45) is 0.888. The lowest BCUT2D eigenvalue weighted by Gasteiger charge is -2.37. The smallest absolute Gasteiger partial charge is 0.379 e. The van der Waals surface area contributed by atoms with Crippen molar-refractivity contribution in [2.24, 2.45) is 0 Å². The Morgan fingerprint density at radius 3 is 1.96 bits per heavy atom. The van der Waals surface area contributed by atoms with Gasteiger partial charge in [0.15, 0.2) is 16.6 Å². The number of methoxy groups -OCH3 is 1. The molecule has 1 rings (SSSR count). The normalized spacial score (nSPS) is 12.6. The Balaban J connectivity index is 2.47. The molecule has 6 nitrogen and oxygen atoms in total. The lowest BCUT2D eigenvalue weighted by Crippen LogP contribution is -2.51. The summed E-state index contributed by atoms with van der Waals surface area (Å²) in [6.45, 7) is 15.9. The van der Waals surface area contributed by atoms with Crippen LogP contribution >= 0.6 is 0 Å². The van der Waals surface area contributed by atoms with Gasteiger partial charge in [-0.25, -0.2) is 4.79 Å². The molecule has 0 fully saturated rings. The lowest BCUT2D eigenvalue weighted by molar-refractivity contribution is -0.135. The Morgan fingerprint density at radius 1 is 0.893 bits per heavy atom. The van der Waals surface area contributed by atoms with E-state index in [1.165, 1.54) is 7.11 Å². The molecule has 0 spiro atoms. The van der Waals surface area contributed by atoms with Crippen molar-refractivity contribution in [2.75, 3.05) is 13.7 Å². The summed E-state index contributed by atoms with van der Waals surface area (Å²) in [6, 6.07) is 7.49. The molecule has 0 N–H and O–H groups in total. The summed E-state index contributed by atoms with van der Waals surface area (Å²) in [4.78, 5) is 23.0. The van der Waals surface area contributed by atoms with Gasteiger partial charge in [-0.05, 0) is 82.6 Å². The van der Waals surface area contributed by atoms with Crippen LogP contribution in [0.5, 0.6) is 5.75 Å². The second-order valence-electron chi connectivity index (χ2n) is 8.77. The molecule has 0 aromatic heterocycles. The van der Waals surface area contributed by atoms with Crippen LogP contribution in [0.1, 0.15) is 16.8 Å². The van der Waals surface area contributed by atoms with Crippen LogP contribution in [-0.2, 0) is 17.8 Å². The van der Waals surface area contributed by atoms with Crippen molar-refractivity contribution >= 4 is 36.9 Å². The van der Waals surface area contributed by atoms with Crippen LogP contribution in [0.2, 0.25) is 51.9 Å². The van der Waals surface area contributed by atoms with Gasteiger partial charge in [0.05, 0.1) is 13.7 Å². The molecule has 28 heavy (non-hydrogen) atoms. The van der Waals surface area contributed by atoms with E-state index in [9.17, 15) is 9.59 Å². The second-order valence-corrected chi connectivity index (χ2v) is 21.4. The monoisotopic (exact) mass is 442 g/mol. The molecule has 0 heterocycles. The topological polar surface area (TPSA) is 71.1 Å². The van der Waals surface area contributed by atoms with Crippen LogP contribution in [0.15, 0.2) is 24.3 Å². The highest BCUT2D eigenvalue weighted by molar-refractivity contribution is 6.87. The Labute approximate surface area is 172 Å². The molecular weight excluding hydrogens is 408 g/mol. The van der Waals surface area contributed by atoms with Crippen LogP contribution in [0.25, 0.3) is 0 Å². The van der Waals surface area contributed by atoms with E-state index in [2.05, 4.69) is 50.6 Å². The highest BCUT2D eigenvalue weighted by atomic mass is 28.5. The van der Waals surface area contributed by atoms with Crippen molar-refractivity contribution in [3.05, 3.63) is 29.8 Å². The van der Waals surface area contributed by atoms with Crippen LogP contribution in [0.3, 0.4) is 0 Å². The number of hydrogen-bond acceptors (Lipinski definition) is 6. The number of ether oxygens (including phenoxy) is 2. The molecule has 0 radical (unpaired) electrons. The summed E-state index contributed by atoms with van der Waals surface area (Å²) in [5.41, 5.74) is 0.288. The van der Waals surface area contributed by atoms with E-state index in [1.807, 2.05) is 0 Å². The fourth-order valence-corrected chi connectivity index (χ4v) is 16.2. The number of hydrogen-bond donors (Lipinski definition) is 0. The molecule has 0 amide bonds. The van der Waals surface area contributed by atoms with Crippen molar-refractivity contribution in [3.8, 4) is 5.75 Å². The van der Waals surface area contributed by atoms with Gasteiger partial charge in [0.1, 0.15) is 5.75 Å². The molecule has 1 aromatic carbocycles. The Kier molecular flexibility index (Phi) is 8.82. The molecule has 9 heteroatoms. The molecule has 0 aliphatic carbocycles. The van der Waals surface area contributed by atoms with Crippen LogP contribution < -0.4 is 4.74 Å². The van der Waals surface area contributed by atoms with Crippen LogP contribution in [0, 0.1) is 0 Å². The zero-order chi connectivity index (χ0) is 21.6. The standard InChI is InChI=1S/C19H34O6Si3/c1-22-19(21)18(20)16-10-12-17(13-11-16)23-14-9-15-27(5,6)25-28(7,8)24-26(2,3)4/h10-13H,9,14-15H2,1-8H3. The van der Waals surface area contributed by atoms with E-state index in [-0.39, 0.29) is 5.56 Å². The number of ketones is 1. The van der Waals surface area contributed by atoms with Gasteiger partial charge in [-0.3, -0.25) is 4.79 Å². The third-order valence-electron chi connectivity index (χ3n) is 3.75. The van der Waals surface area contributed by atoms with Crippen molar-refractivity contribution in [1.82, 2.24) is 0 Å². The van der Waals surface area contributed by atoms with E-state index in [0.717, 1.165) is 12.5 Å². The average Bonchev–Trinajstić information content (AvgIpc) is 2.54. The predicted octanol–water partition coefficient (Wildman–Crippen LogP) is 4.59. The van der Waals surface area contributed by atoms with E-state index in [1.54, 1.807) is 24.3 Å². The summed E-state index contributed by atoms with van der Waals surface area (Å²) in [7, 11) is -4.38. The number of carbonyl (C=O) groups is 2. The SMILES string of the molecule is COC(=O)C(=O)c1ccc(OCCC[Si](C)(C)O[Si](C)(C)O[Si](C)(C)C)cc1. The predicted molar refractivity (Wildman–Crippen MR) is 118 cm³/mol. The van der Waals surface area contributed by atoms with E-state index < -0.39 is 36.9 Å². The molecule has 0 aliphatic heterocycles. The molecule has 0 aliphatic rings. The van der Waals surface area contributed by atoms with E-state index >= 15 is 0 Å². The van der Waals surface area contributed by atoms with Gasteiger partial charge in [0.25, 0.3) is 5.78 Å². The third kappa shape index (κ3) is 9.28. The molecule has 0 saturated carbocycles. The van der Waals surface area contributed by atoms with Gasteiger partial charge in [-0.1, -0.05) is 0 Å². The molecule has 0 saturated heterocycles. The summed E-state index contributed by atoms with van der Waals surface area (Å²) in [5.74, 6) is -0.865. The van der Waals surface area contributed by atoms with Gasteiger partial charge in [0.2, 0.25) is 0 Å². The Bertz CT molecular complexity index is 665. The van der Waals surface area contributed by atoms with Gasteiger partial charge < -0.3 is 17.7 Å². The van der Waals surface area contributed by atoms with Crippen LogP contribution in [-0.4, -0.2) is 50.7 Å². The first kappa shape index (κ1) is 24.8. The third-order valence-corrected chi connectivity index (χ3v) is 13.9. The Morgan fingerprint density at radius 2 is 1.46 bits per heavy atom. The first-order chi connectivity index (χ1) is 12.7. The maximum absolute atomic E-state index is 11.7. The molecule has 0 unspecified atom stereocenters. The van der Waals surface area contributed by atoms with Crippen molar-refractivity contribution in [2.45, 2.75) is 58.3 Å². The minimum Gasteiger partial charge on any atom is -0.494 e. The fourth-order valence-electron chi connectivity index (χ4n) is 3.08. The average molecular weight is 443 g/mol. The van der Waals surface area contributed by atoms with Gasteiger partial charge in [0, 0.05) is 5.56 Å². The van der Waals surface area contributed by atoms with Gasteiger partial charge in [-0.2, -0.15) is 0 Å². The van der Waals surface area contributed by atoms with Crippen molar-refractivity contribution in [3.63, 3.8) is 0 Å².